The van der Waals surface area contributed by atoms with E-state index in [1.54, 1.807) is 11.3 Å². The number of carbonyl (C=O) groups is 1. The van der Waals surface area contributed by atoms with Gasteiger partial charge in [-0.25, -0.2) is 4.98 Å². The molecule has 3 N–H and O–H groups in total. The molecule has 1 heterocycles. The molecular formula is C15H20ClN3OS. The fraction of sp³-hybridized carbons (Fsp3) is 0.333. The van der Waals surface area contributed by atoms with Gasteiger partial charge in [0.15, 0.2) is 0 Å². The van der Waals surface area contributed by atoms with Crippen molar-refractivity contribution in [2.75, 3.05) is 11.9 Å². The Morgan fingerprint density at radius 1 is 1.33 bits per heavy atom. The molecular weight excluding hydrogens is 306 g/mol. The van der Waals surface area contributed by atoms with Crippen molar-refractivity contribution < 1.29 is 4.79 Å². The van der Waals surface area contributed by atoms with E-state index in [9.17, 15) is 4.79 Å². The van der Waals surface area contributed by atoms with Crippen molar-refractivity contribution in [2.45, 2.75) is 20.8 Å². The zero-order chi connectivity index (χ0) is 14.8. The van der Waals surface area contributed by atoms with Gasteiger partial charge in [0.2, 0.25) is 5.91 Å². The average Bonchev–Trinajstić information content (AvgIpc) is 2.86. The summed E-state index contributed by atoms with van der Waals surface area (Å²) in [5, 5.41) is 5.95. The molecule has 0 unspecified atom stereocenters. The van der Waals surface area contributed by atoms with Gasteiger partial charge in [0.05, 0.1) is 16.1 Å². The van der Waals surface area contributed by atoms with Crippen LogP contribution < -0.4 is 11.1 Å². The number of hydrogen-bond acceptors (Lipinski definition) is 4. The predicted octanol–water partition coefficient (Wildman–Crippen LogP) is 3.46. The highest BCUT2D eigenvalue weighted by Gasteiger charge is 2.25. The van der Waals surface area contributed by atoms with Crippen LogP contribution in [0.15, 0.2) is 29.6 Å². The smallest absolute Gasteiger partial charge is 0.231 e. The molecule has 0 aliphatic heterocycles. The van der Waals surface area contributed by atoms with Crippen LogP contribution in [0.3, 0.4) is 0 Å². The number of rotatable bonds is 4. The van der Waals surface area contributed by atoms with Crippen molar-refractivity contribution in [3.63, 3.8) is 0 Å². The Morgan fingerprint density at radius 2 is 1.95 bits per heavy atom. The number of aromatic nitrogens is 1. The summed E-state index contributed by atoms with van der Waals surface area (Å²) in [6.07, 6.45) is 0. The maximum absolute atomic E-state index is 12.0. The summed E-state index contributed by atoms with van der Waals surface area (Å²) in [6, 6.07) is 7.68. The van der Waals surface area contributed by atoms with E-state index in [1.807, 2.05) is 50.4 Å². The third kappa shape index (κ3) is 4.27. The van der Waals surface area contributed by atoms with Gasteiger partial charge in [-0.05, 0) is 32.9 Å². The van der Waals surface area contributed by atoms with Crippen molar-refractivity contribution in [1.29, 1.82) is 0 Å². The number of benzene rings is 1. The van der Waals surface area contributed by atoms with E-state index in [0.29, 0.717) is 6.54 Å². The number of nitrogens with zero attached hydrogens (tertiary/aromatic N) is 1. The second-order valence-electron chi connectivity index (χ2n) is 5.37. The molecule has 0 aliphatic carbocycles. The van der Waals surface area contributed by atoms with Crippen LogP contribution in [0.5, 0.6) is 0 Å². The number of thiazole rings is 1. The average molecular weight is 326 g/mol. The van der Waals surface area contributed by atoms with Gasteiger partial charge in [-0.1, -0.05) is 12.1 Å². The van der Waals surface area contributed by atoms with E-state index in [0.717, 1.165) is 22.0 Å². The molecule has 1 aromatic heterocycles. The first-order valence-corrected chi connectivity index (χ1v) is 7.34. The summed E-state index contributed by atoms with van der Waals surface area (Å²) >= 11 is 1.63. The van der Waals surface area contributed by atoms with Gasteiger partial charge >= 0.3 is 0 Å². The fourth-order valence-corrected chi connectivity index (χ4v) is 2.24. The first-order chi connectivity index (χ1) is 9.42. The first kappa shape index (κ1) is 17.6. The molecule has 2 rings (SSSR count). The number of nitrogens with one attached hydrogen (secondary N) is 1. The lowest BCUT2D eigenvalue weighted by atomic mass is 9.92. The molecule has 0 aliphatic rings. The quantitative estimate of drug-likeness (QED) is 0.904. The van der Waals surface area contributed by atoms with Crippen LogP contribution in [0.2, 0.25) is 0 Å². The van der Waals surface area contributed by atoms with Gasteiger partial charge in [0, 0.05) is 23.2 Å². The van der Waals surface area contributed by atoms with E-state index in [4.69, 9.17) is 5.73 Å². The summed E-state index contributed by atoms with van der Waals surface area (Å²) in [5.74, 6) is -0.0720. The van der Waals surface area contributed by atoms with Crippen LogP contribution in [0.4, 0.5) is 5.69 Å². The maximum Gasteiger partial charge on any atom is 0.231 e. The van der Waals surface area contributed by atoms with Crippen LogP contribution in [-0.2, 0) is 4.79 Å². The highest BCUT2D eigenvalue weighted by Crippen LogP contribution is 2.24. The summed E-state index contributed by atoms with van der Waals surface area (Å²) in [4.78, 5) is 16.5. The van der Waals surface area contributed by atoms with Gasteiger partial charge in [-0.3, -0.25) is 4.79 Å². The highest BCUT2D eigenvalue weighted by atomic mass is 35.5. The molecule has 4 nitrogen and oxygen atoms in total. The molecule has 1 amide bonds. The first-order valence-electron chi connectivity index (χ1n) is 6.46. The number of carbonyl (C=O) groups excluding carboxylic acids is 1. The third-order valence-corrected chi connectivity index (χ3v) is 3.96. The number of hydrogen-bond donors (Lipinski definition) is 2. The molecule has 0 bridgehead atoms. The Hall–Kier alpha value is -1.43. The fourth-order valence-electron chi connectivity index (χ4n) is 1.61. The summed E-state index contributed by atoms with van der Waals surface area (Å²) in [7, 11) is 0. The van der Waals surface area contributed by atoms with Crippen LogP contribution in [0, 0.1) is 12.3 Å². The molecule has 0 atom stereocenters. The van der Waals surface area contributed by atoms with Crippen LogP contribution in [0.25, 0.3) is 11.3 Å². The van der Waals surface area contributed by atoms with Gasteiger partial charge in [-0.15, -0.1) is 23.7 Å². The SMILES string of the molecule is Cc1nc(-c2ccc(NC(=O)C(C)(C)CN)cc2)cs1.Cl. The van der Waals surface area contributed by atoms with Crippen molar-refractivity contribution in [2.24, 2.45) is 11.1 Å². The molecule has 1 aromatic carbocycles. The minimum atomic E-state index is -0.565. The largest absolute Gasteiger partial charge is 0.329 e. The molecule has 21 heavy (non-hydrogen) atoms. The molecule has 114 valence electrons. The third-order valence-electron chi connectivity index (χ3n) is 3.18. The molecule has 0 radical (unpaired) electrons. The lowest BCUT2D eigenvalue weighted by molar-refractivity contribution is -0.123. The van der Waals surface area contributed by atoms with E-state index in [1.165, 1.54) is 0 Å². The van der Waals surface area contributed by atoms with Crippen molar-refractivity contribution in [1.82, 2.24) is 4.98 Å². The van der Waals surface area contributed by atoms with Gasteiger partial charge in [0.25, 0.3) is 0 Å². The Labute approximate surface area is 135 Å². The van der Waals surface area contributed by atoms with Crippen molar-refractivity contribution in [3.8, 4) is 11.3 Å². The number of nitrogens with two attached hydrogens (primary N) is 1. The number of halogens is 1. The standard InChI is InChI=1S/C15H19N3OS.ClH/c1-10-17-13(8-20-10)11-4-6-12(7-5-11)18-14(19)15(2,3)9-16;/h4-8H,9,16H2,1-3H3,(H,18,19);1H. The van der Waals surface area contributed by atoms with Crippen molar-refractivity contribution in [3.05, 3.63) is 34.7 Å². The zero-order valence-corrected chi connectivity index (χ0v) is 14.0. The van der Waals surface area contributed by atoms with E-state index in [2.05, 4.69) is 10.3 Å². The van der Waals surface area contributed by atoms with Gasteiger partial charge < -0.3 is 11.1 Å². The monoisotopic (exact) mass is 325 g/mol. The zero-order valence-electron chi connectivity index (χ0n) is 12.3. The minimum absolute atomic E-state index is 0. The van der Waals surface area contributed by atoms with Gasteiger partial charge in [-0.2, -0.15) is 0 Å². The molecule has 6 heteroatoms. The van der Waals surface area contributed by atoms with E-state index >= 15 is 0 Å². The topological polar surface area (TPSA) is 68.0 Å². The molecule has 0 fully saturated rings. The van der Waals surface area contributed by atoms with Crippen LogP contribution in [0.1, 0.15) is 18.9 Å². The Bertz CT molecular complexity index is 608. The lowest BCUT2D eigenvalue weighted by Crippen LogP contribution is -2.37. The normalized spacial score (nSPS) is 10.9. The van der Waals surface area contributed by atoms with Crippen LogP contribution in [-0.4, -0.2) is 17.4 Å². The van der Waals surface area contributed by atoms with Crippen molar-refractivity contribution >= 4 is 35.3 Å². The number of amides is 1. The predicted molar refractivity (Wildman–Crippen MR) is 91.0 cm³/mol. The summed E-state index contributed by atoms with van der Waals surface area (Å²) in [5.41, 5.74) is 7.81. The maximum atomic E-state index is 12.0. The van der Waals surface area contributed by atoms with Gasteiger partial charge in [0.1, 0.15) is 0 Å². The highest BCUT2D eigenvalue weighted by molar-refractivity contribution is 7.09. The molecule has 2 aromatic rings. The Kier molecular flexibility index (Phi) is 5.89. The van der Waals surface area contributed by atoms with Crippen LogP contribution >= 0.6 is 23.7 Å². The molecule has 0 spiro atoms. The summed E-state index contributed by atoms with van der Waals surface area (Å²) in [6.45, 7) is 5.95. The molecule has 0 saturated heterocycles. The second-order valence-corrected chi connectivity index (χ2v) is 6.43. The van der Waals surface area contributed by atoms with E-state index in [-0.39, 0.29) is 18.3 Å². The second kappa shape index (κ2) is 7.02. The van der Waals surface area contributed by atoms with E-state index < -0.39 is 5.41 Å². The lowest BCUT2D eigenvalue weighted by Gasteiger charge is -2.21. The summed E-state index contributed by atoms with van der Waals surface area (Å²) < 4.78 is 0. The Morgan fingerprint density at radius 3 is 2.43 bits per heavy atom. The number of anilines is 1. The number of aryl methyl sites for hydroxylation is 1. The Balaban J connectivity index is 0.00000220. The minimum Gasteiger partial charge on any atom is -0.329 e. The molecule has 0 saturated carbocycles.